The van der Waals surface area contributed by atoms with Gasteiger partial charge in [-0.25, -0.2) is 0 Å². The van der Waals surface area contributed by atoms with Crippen LogP contribution in [-0.2, 0) is 15.1 Å². The molecule has 1 aliphatic heterocycles. The van der Waals surface area contributed by atoms with E-state index in [4.69, 9.17) is 0 Å². The molecule has 0 amide bonds. The number of piperidine rings is 1. The monoisotopic (exact) mass is 309 g/mol. The Bertz CT molecular complexity index is 496. The molecule has 2 atom stereocenters. The maximum Gasteiger partial charge on any atom is 0.308 e. The molecule has 0 bridgehead atoms. The quantitative estimate of drug-likeness (QED) is 0.581. The van der Waals surface area contributed by atoms with Gasteiger partial charge < -0.3 is 25.4 Å². The van der Waals surface area contributed by atoms with Gasteiger partial charge in [-0.05, 0) is 37.1 Å². The van der Waals surface area contributed by atoms with E-state index >= 15 is 0 Å². The second-order valence-electron chi connectivity index (χ2n) is 5.70. The largest absolute Gasteiger partial charge is 0.469 e. The van der Waals surface area contributed by atoms with Crippen molar-refractivity contribution < 1.29 is 24.9 Å². The highest BCUT2D eigenvalue weighted by Crippen LogP contribution is 2.31. The van der Waals surface area contributed by atoms with Gasteiger partial charge in [-0.1, -0.05) is 24.3 Å². The summed E-state index contributed by atoms with van der Waals surface area (Å²) in [7, 11) is 1.23. The zero-order valence-corrected chi connectivity index (χ0v) is 12.7. The predicted octanol–water partition coefficient (Wildman–Crippen LogP) is 0.215. The summed E-state index contributed by atoms with van der Waals surface area (Å²) < 4.78 is 4.47. The molecule has 6 heteroatoms. The van der Waals surface area contributed by atoms with Gasteiger partial charge in [0, 0.05) is 0 Å². The summed E-state index contributed by atoms with van der Waals surface area (Å²) in [6.07, 6.45) is -1.38. The summed E-state index contributed by atoms with van der Waals surface area (Å²) in [5.41, 5.74) is 0.449. The topological polar surface area (TPSA) is 99.0 Å². The second-order valence-corrected chi connectivity index (χ2v) is 5.70. The summed E-state index contributed by atoms with van der Waals surface area (Å²) in [6.45, 7) is 1.53. The standard InChI is InChI=1S/C16H23NO5/c1-22-14(19)10-13(18)15(20)11-2-4-12(5-3-11)16(21)6-8-17-9-7-16/h2-5,13,15,17-18,20-21H,6-10H2,1H3. The first kappa shape index (κ1) is 16.9. The number of carbonyl (C=O) groups is 1. The fraction of sp³-hybridized carbons (Fsp3) is 0.562. The van der Waals surface area contributed by atoms with Gasteiger partial charge in [0.1, 0.15) is 6.10 Å². The number of carbonyl (C=O) groups excluding carboxylic acids is 1. The molecule has 1 saturated heterocycles. The third-order valence-electron chi connectivity index (χ3n) is 4.19. The third-order valence-corrected chi connectivity index (χ3v) is 4.19. The van der Waals surface area contributed by atoms with E-state index in [0.717, 1.165) is 18.7 Å². The Hall–Kier alpha value is -1.47. The van der Waals surface area contributed by atoms with Gasteiger partial charge in [0.2, 0.25) is 0 Å². The maximum absolute atomic E-state index is 11.1. The SMILES string of the molecule is COC(=O)CC(O)C(O)c1ccc(C2(O)CCNCC2)cc1. The Morgan fingerprint density at radius 2 is 1.86 bits per heavy atom. The van der Waals surface area contributed by atoms with E-state index in [2.05, 4.69) is 10.1 Å². The average molecular weight is 309 g/mol. The van der Waals surface area contributed by atoms with Crippen LogP contribution in [0.2, 0.25) is 0 Å². The molecular formula is C16H23NO5. The first-order chi connectivity index (χ1) is 10.5. The highest BCUT2D eigenvalue weighted by molar-refractivity contribution is 5.69. The lowest BCUT2D eigenvalue weighted by Gasteiger charge is -2.33. The van der Waals surface area contributed by atoms with Crippen LogP contribution >= 0.6 is 0 Å². The van der Waals surface area contributed by atoms with Crippen molar-refractivity contribution in [3.8, 4) is 0 Å². The minimum Gasteiger partial charge on any atom is -0.469 e. The molecule has 1 heterocycles. The number of aliphatic hydroxyl groups is 3. The van der Waals surface area contributed by atoms with Crippen LogP contribution in [0.25, 0.3) is 0 Å². The Morgan fingerprint density at radius 3 is 2.41 bits per heavy atom. The molecule has 0 aromatic heterocycles. The van der Waals surface area contributed by atoms with Crippen molar-refractivity contribution in [2.24, 2.45) is 0 Å². The number of benzene rings is 1. The fourth-order valence-electron chi connectivity index (χ4n) is 2.71. The first-order valence-electron chi connectivity index (χ1n) is 7.43. The van der Waals surface area contributed by atoms with Gasteiger partial charge in [-0.3, -0.25) is 4.79 Å². The molecule has 4 N–H and O–H groups in total. The first-order valence-corrected chi connectivity index (χ1v) is 7.43. The van der Waals surface area contributed by atoms with Crippen LogP contribution in [0.5, 0.6) is 0 Å². The number of rotatable bonds is 5. The molecule has 122 valence electrons. The lowest BCUT2D eigenvalue weighted by atomic mass is 9.84. The number of ether oxygens (including phenoxy) is 1. The van der Waals surface area contributed by atoms with Crippen molar-refractivity contribution >= 4 is 5.97 Å². The van der Waals surface area contributed by atoms with Gasteiger partial charge >= 0.3 is 5.97 Å². The van der Waals surface area contributed by atoms with Crippen molar-refractivity contribution in [2.45, 2.75) is 37.1 Å². The Labute approximate surface area is 129 Å². The van der Waals surface area contributed by atoms with Crippen molar-refractivity contribution in [1.29, 1.82) is 0 Å². The molecule has 1 aromatic rings. The number of hydrogen-bond donors (Lipinski definition) is 4. The van der Waals surface area contributed by atoms with E-state index < -0.39 is 23.8 Å². The lowest BCUT2D eigenvalue weighted by Crippen LogP contribution is -2.39. The van der Waals surface area contributed by atoms with Crippen molar-refractivity contribution in [3.05, 3.63) is 35.4 Å². The average Bonchev–Trinajstić information content (AvgIpc) is 2.54. The normalized spacial score (nSPS) is 20.2. The Morgan fingerprint density at radius 1 is 1.27 bits per heavy atom. The molecule has 0 spiro atoms. The molecule has 1 aromatic carbocycles. The van der Waals surface area contributed by atoms with Gasteiger partial charge in [0.05, 0.1) is 25.2 Å². The van der Waals surface area contributed by atoms with Crippen LogP contribution in [0.4, 0.5) is 0 Å². The molecule has 2 rings (SSSR count). The van der Waals surface area contributed by atoms with Gasteiger partial charge in [-0.15, -0.1) is 0 Å². The highest BCUT2D eigenvalue weighted by atomic mass is 16.5. The third kappa shape index (κ3) is 3.84. The van der Waals surface area contributed by atoms with E-state index in [9.17, 15) is 20.1 Å². The summed E-state index contributed by atoms with van der Waals surface area (Å²) in [5, 5.41) is 33.7. The second kappa shape index (κ2) is 7.19. The molecule has 0 saturated carbocycles. The molecule has 22 heavy (non-hydrogen) atoms. The summed E-state index contributed by atoms with van der Waals surface area (Å²) >= 11 is 0. The van der Waals surface area contributed by atoms with Crippen LogP contribution in [0, 0.1) is 0 Å². The molecule has 0 radical (unpaired) electrons. The Balaban J connectivity index is 2.06. The van der Waals surface area contributed by atoms with Crippen molar-refractivity contribution in [1.82, 2.24) is 5.32 Å². The van der Waals surface area contributed by atoms with Crippen molar-refractivity contribution in [2.75, 3.05) is 20.2 Å². The van der Waals surface area contributed by atoms with Crippen LogP contribution in [-0.4, -0.2) is 47.6 Å². The number of esters is 1. The maximum atomic E-state index is 11.1. The number of nitrogens with one attached hydrogen (secondary N) is 1. The minimum atomic E-state index is -1.22. The lowest BCUT2D eigenvalue weighted by molar-refractivity contribution is -0.144. The molecule has 2 unspecified atom stereocenters. The van der Waals surface area contributed by atoms with Crippen molar-refractivity contribution in [3.63, 3.8) is 0 Å². The number of aliphatic hydroxyl groups excluding tert-OH is 2. The Kier molecular flexibility index (Phi) is 5.52. The van der Waals surface area contributed by atoms with Crippen LogP contribution in [0.3, 0.4) is 0 Å². The van der Waals surface area contributed by atoms with Crippen LogP contribution < -0.4 is 5.32 Å². The number of methoxy groups -OCH3 is 1. The summed E-state index contributed by atoms with van der Waals surface area (Å²) in [4.78, 5) is 11.1. The molecule has 6 nitrogen and oxygen atoms in total. The predicted molar refractivity (Wildman–Crippen MR) is 80.0 cm³/mol. The van der Waals surface area contributed by atoms with E-state index in [1.165, 1.54) is 7.11 Å². The summed E-state index contributed by atoms with van der Waals surface area (Å²) in [6, 6.07) is 6.85. The zero-order chi connectivity index (χ0) is 16.2. The van der Waals surface area contributed by atoms with E-state index in [-0.39, 0.29) is 6.42 Å². The molecule has 0 aliphatic carbocycles. The van der Waals surface area contributed by atoms with E-state index in [0.29, 0.717) is 18.4 Å². The van der Waals surface area contributed by atoms with Crippen LogP contribution in [0.15, 0.2) is 24.3 Å². The molecule has 1 fully saturated rings. The highest BCUT2D eigenvalue weighted by Gasteiger charge is 2.31. The molecule has 1 aliphatic rings. The summed E-state index contributed by atoms with van der Waals surface area (Å²) in [5.74, 6) is -0.577. The van der Waals surface area contributed by atoms with Gasteiger partial charge in [-0.2, -0.15) is 0 Å². The number of hydrogen-bond acceptors (Lipinski definition) is 6. The van der Waals surface area contributed by atoms with E-state index in [1.807, 2.05) is 0 Å². The zero-order valence-electron chi connectivity index (χ0n) is 12.7. The smallest absolute Gasteiger partial charge is 0.308 e. The molecular weight excluding hydrogens is 286 g/mol. The fourth-order valence-corrected chi connectivity index (χ4v) is 2.71. The van der Waals surface area contributed by atoms with Gasteiger partial charge in [0.15, 0.2) is 0 Å². The van der Waals surface area contributed by atoms with Crippen LogP contribution in [0.1, 0.15) is 36.5 Å². The van der Waals surface area contributed by atoms with E-state index in [1.54, 1.807) is 24.3 Å². The van der Waals surface area contributed by atoms with Gasteiger partial charge in [0.25, 0.3) is 0 Å². The minimum absolute atomic E-state index is 0.269.